The summed E-state index contributed by atoms with van der Waals surface area (Å²) >= 11 is 5.44. The Hall–Kier alpha value is 0.1000. The standard InChI is InChI=1S/C15H23BrN2S/c1-11(14-4-5-15(16)19-14)18-8-6-13(7-9-18)17-10-12-2-3-12/h4-5,11-13,17H,2-3,6-10H2,1H3. The third-order valence-electron chi connectivity index (χ3n) is 4.48. The van der Waals surface area contributed by atoms with Crippen LogP contribution in [0.1, 0.15) is 43.5 Å². The van der Waals surface area contributed by atoms with Gasteiger partial charge in [0.05, 0.1) is 3.79 Å². The molecule has 1 unspecified atom stereocenters. The fraction of sp³-hybridized carbons (Fsp3) is 0.733. The summed E-state index contributed by atoms with van der Waals surface area (Å²) in [5.41, 5.74) is 0. The van der Waals surface area contributed by atoms with Crippen LogP contribution in [0.15, 0.2) is 15.9 Å². The molecular formula is C15H23BrN2S. The van der Waals surface area contributed by atoms with Gasteiger partial charge in [0.1, 0.15) is 0 Å². The molecule has 0 amide bonds. The van der Waals surface area contributed by atoms with Gasteiger partial charge in [-0.25, -0.2) is 0 Å². The zero-order chi connectivity index (χ0) is 13.2. The first-order valence-corrected chi connectivity index (χ1v) is 9.06. The summed E-state index contributed by atoms with van der Waals surface area (Å²) in [4.78, 5) is 4.12. The van der Waals surface area contributed by atoms with Crippen LogP contribution < -0.4 is 5.32 Å². The van der Waals surface area contributed by atoms with Crippen molar-refractivity contribution in [2.75, 3.05) is 19.6 Å². The van der Waals surface area contributed by atoms with Crippen LogP contribution in [-0.4, -0.2) is 30.6 Å². The van der Waals surface area contributed by atoms with Crippen molar-refractivity contribution in [3.63, 3.8) is 0 Å². The van der Waals surface area contributed by atoms with Crippen LogP contribution in [0.4, 0.5) is 0 Å². The molecule has 0 bridgehead atoms. The molecule has 1 aromatic rings. The number of nitrogens with zero attached hydrogens (tertiary/aromatic N) is 1. The maximum atomic E-state index is 3.76. The summed E-state index contributed by atoms with van der Waals surface area (Å²) in [7, 11) is 0. The Morgan fingerprint density at radius 2 is 2.05 bits per heavy atom. The minimum Gasteiger partial charge on any atom is -0.314 e. The van der Waals surface area contributed by atoms with E-state index in [0.717, 1.165) is 12.0 Å². The lowest BCUT2D eigenvalue weighted by molar-refractivity contribution is 0.154. The highest BCUT2D eigenvalue weighted by molar-refractivity contribution is 9.11. The summed E-state index contributed by atoms with van der Waals surface area (Å²) in [6.45, 7) is 6.08. The number of thiophene rings is 1. The first-order chi connectivity index (χ1) is 9.22. The van der Waals surface area contributed by atoms with Gasteiger partial charge in [-0.05, 0) is 73.1 Å². The van der Waals surface area contributed by atoms with Gasteiger partial charge in [-0.2, -0.15) is 0 Å². The number of piperidine rings is 1. The molecule has 106 valence electrons. The Bertz CT molecular complexity index is 408. The average Bonchev–Trinajstić information content (AvgIpc) is 3.17. The van der Waals surface area contributed by atoms with E-state index < -0.39 is 0 Å². The van der Waals surface area contributed by atoms with Gasteiger partial charge >= 0.3 is 0 Å². The van der Waals surface area contributed by atoms with E-state index in [4.69, 9.17) is 0 Å². The smallest absolute Gasteiger partial charge is 0.0701 e. The van der Waals surface area contributed by atoms with E-state index in [-0.39, 0.29) is 0 Å². The lowest BCUT2D eigenvalue weighted by Crippen LogP contribution is -2.43. The highest BCUT2D eigenvalue weighted by Gasteiger charge is 2.26. The molecule has 2 heterocycles. The average molecular weight is 343 g/mol. The van der Waals surface area contributed by atoms with Crippen molar-refractivity contribution < 1.29 is 0 Å². The molecule has 1 aliphatic heterocycles. The second-order valence-corrected chi connectivity index (χ2v) is 8.47. The fourth-order valence-electron chi connectivity index (χ4n) is 2.88. The molecule has 1 aliphatic carbocycles. The molecule has 1 saturated carbocycles. The molecular weight excluding hydrogens is 320 g/mol. The van der Waals surface area contributed by atoms with Crippen molar-refractivity contribution in [3.8, 4) is 0 Å². The lowest BCUT2D eigenvalue weighted by atomic mass is 10.0. The largest absolute Gasteiger partial charge is 0.314 e. The van der Waals surface area contributed by atoms with E-state index in [1.165, 1.54) is 54.0 Å². The summed E-state index contributed by atoms with van der Waals surface area (Å²) in [6, 6.07) is 5.76. The van der Waals surface area contributed by atoms with Gasteiger partial charge in [0.15, 0.2) is 0 Å². The van der Waals surface area contributed by atoms with Crippen molar-refractivity contribution >= 4 is 27.3 Å². The molecule has 2 fully saturated rings. The summed E-state index contributed by atoms with van der Waals surface area (Å²) in [5, 5.41) is 3.76. The van der Waals surface area contributed by atoms with Crippen molar-refractivity contribution in [1.29, 1.82) is 0 Å². The second-order valence-electron chi connectivity index (χ2n) is 5.98. The molecule has 3 rings (SSSR count). The minimum atomic E-state index is 0.570. The minimum absolute atomic E-state index is 0.570. The molecule has 2 nitrogen and oxygen atoms in total. The van der Waals surface area contributed by atoms with Crippen LogP contribution in [0, 0.1) is 5.92 Å². The molecule has 4 heteroatoms. The quantitative estimate of drug-likeness (QED) is 0.868. The molecule has 1 atom stereocenters. The Balaban J connectivity index is 1.46. The zero-order valence-electron chi connectivity index (χ0n) is 11.6. The van der Waals surface area contributed by atoms with Crippen LogP contribution in [0.3, 0.4) is 0 Å². The topological polar surface area (TPSA) is 15.3 Å². The van der Waals surface area contributed by atoms with Gasteiger partial charge in [0.25, 0.3) is 0 Å². The van der Waals surface area contributed by atoms with Crippen LogP contribution >= 0.6 is 27.3 Å². The van der Waals surface area contributed by atoms with Crippen molar-refractivity contribution in [2.24, 2.45) is 5.92 Å². The second kappa shape index (κ2) is 6.25. The Labute approximate surface area is 128 Å². The number of halogens is 1. The summed E-state index contributed by atoms with van der Waals surface area (Å²) in [6.07, 6.45) is 5.53. The van der Waals surface area contributed by atoms with E-state index in [0.29, 0.717) is 6.04 Å². The normalized spacial score (nSPS) is 23.7. The number of rotatable bonds is 5. The number of hydrogen-bond donors (Lipinski definition) is 1. The van der Waals surface area contributed by atoms with Gasteiger partial charge in [-0.15, -0.1) is 11.3 Å². The molecule has 1 N–H and O–H groups in total. The molecule has 0 spiro atoms. The van der Waals surface area contributed by atoms with E-state index in [1.807, 2.05) is 11.3 Å². The van der Waals surface area contributed by atoms with Gasteiger partial charge in [-0.1, -0.05) is 0 Å². The monoisotopic (exact) mass is 342 g/mol. The first kappa shape index (κ1) is 14.1. The van der Waals surface area contributed by atoms with Crippen LogP contribution in [0.25, 0.3) is 0 Å². The van der Waals surface area contributed by atoms with Crippen molar-refractivity contribution in [2.45, 2.75) is 44.7 Å². The van der Waals surface area contributed by atoms with E-state index in [1.54, 1.807) is 0 Å². The van der Waals surface area contributed by atoms with Gasteiger partial charge in [0.2, 0.25) is 0 Å². The van der Waals surface area contributed by atoms with Gasteiger partial charge in [-0.3, -0.25) is 4.90 Å². The molecule has 2 aliphatic rings. The van der Waals surface area contributed by atoms with E-state index in [2.05, 4.69) is 45.2 Å². The first-order valence-electron chi connectivity index (χ1n) is 7.45. The highest BCUT2D eigenvalue weighted by atomic mass is 79.9. The van der Waals surface area contributed by atoms with Gasteiger partial charge < -0.3 is 5.32 Å². The molecule has 1 aromatic heterocycles. The Morgan fingerprint density at radius 1 is 1.32 bits per heavy atom. The molecule has 0 aromatic carbocycles. The van der Waals surface area contributed by atoms with E-state index in [9.17, 15) is 0 Å². The van der Waals surface area contributed by atoms with Crippen LogP contribution in [0.5, 0.6) is 0 Å². The summed E-state index contributed by atoms with van der Waals surface area (Å²) in [5.74, 6) is 1.00. The maximum absolute atomic E-state index is 3.76. The predicted octanol–water partition coefficient (Wildman–Crippen LogP) is 4.04. The lowest BCUT2D eigenvalue weighted by Gasteiger charge is -2.36. The third kappa shape index (κ3) is 3.81. The predicted molar refractivity (Wildman–Crippen MR) is 85.8 cm³/mol. The van der Waals surface area contributed by atoms with Crippen LogP contribution in [0.2, 0.25) is 0 Å². The van der Waals surface area contributed by atoms with Crippen molar-refractivity contribution in [1.82, 2.24) is 10.2 Å². The zero-order valence-corrected chi connectivity index (χ0v) is 14.0. The van der Waals surface area contributed by atoms with E-state index >= 15 is 0 Å². The number of nitrogens with one attached hydrogen (secondary N) is 1. The van der Waals surface area contributed by atoms with Crippen LogP contribution in [-0.2, 0) is 0 Å². The highest BCUT2D eigenvalue weighted by Crippen LogP contribution is 2.32. The molecule has 0 radical (unpaired) electrons. The third-order valence-corrected chi connectivity index (χ3v) is 6.27. The summed E-state index contributed by atoms with van der Waals surface area (Å²) < 4.78 is 1.25. The maximum Gasteiger partial charge on any atom is 0.0701 e. The molecule has 1 saturated heterocycles. The molecule has 19 heavy (non-hydrogen) atoms. The van der Waals surface area contributed by atoms with Gasteiger partial charge in [0, 0.05) is 30.1 Å². The fourth-order valence-corrected chi connectivity index (χ4v) is 4.39. The number of hydrogen-bond acceptors (Lipinski definition) is 3. The Morgan fingerprint density at radius 3 is 2.63 bits per heavy atom. The number of likely N-dealkylation sites (tertiary alicyclic amines) is 1. The Kier molecular flexibility index (Phi) is 4.62. The van der Waals surface area contributed by atoms with Crippen molar-refractivity contribution in [3.05, 3.63) is 20.8 Å². The SMILES string of the molecule is CC(c1ccc(Br)s1)N1CCC(NCC2CC2)CC1.